The van der Waals surface area contributed by atoms with Gasteiger partial charge in [-0.15, -0.1) is 0 Å². The molecule has 2 aromatic carbocycles. The van der Waals surface area contributed by atoms with E-state index < -0.39 is 5.82 Å². The third-order valence-electron chi connectivity index (χ3n) is 2.71. The van der Waals surface area contributed by atoms with E-state index in [0.717, 1.165) is 15.3 Å². The molecule has 0 spiro atoms. The van der Waals surface area contributed by atoms with Gasteiger partial charge in [0.1, 0.15) is 5.82 Å². The van der Waals surface area contributed by atoms with Crippen LogP contribution in [-0.4, -0.2) is 4.98 Å². The van der Waals surface area contributed by atoms with Crippen molar-refractivity contribution in [2.24, 2.45) is 0 Å². The van der Waals surface area contributed by atoms with Crippen molar-refractivity contribution in [2.45, 2.75) is 6.92 Å². The van der Waals surface area contributed by atoms with Crippen LogP contribution in [0.25, 0.3) is 10.2 Å². The highest BCUT2D eigenvalue weighted by Gasteiger charge is 2.06. The number of nitrogens with one attached hydrogen (secondary N) is 1. The van der Waals surface area contributed by atoms with Crippen LogP contribution in [0.1, 0.15) is 5.56 Å². The van der Waals surface area contributed by atoms with E-state index in [1.807, 2.05) is 25.1 Å². The summed E-state index contributed by atoms with van der Waals surface area (Å²) in [4.78, 5) is 4.47. The lowest BCUT2D eigenvalue weighted by atomic mass is 10.2. The number of nitrogens with zero attached hydrogens (tertiary/aromatic N) is 1. The van der Waals surface area contributed by atoms with E-state index in [2.05, 4.69) is 10.3 Å². The standard InChI is InChI=1S/C14H10ClFN2S/c1-8-2-5-13-12(6-8)18-14(19-13)17-9-3-4-10(15)11(16)7-9/h2-7H,1H3,(H,17,18). The van der Waals surface area contributed by atoms with Gasteiger partial charge in [0, 0.05) is 5.69 Å². The first-order valence-electron chi connectivity index (χ1n) is 5.71. The number of hydrogen-bond acceptors (Lipinski definition) is 3. The van der Waals surface area contributed by atoms with Gasteiger partial charge in [-0.2, -0.15) is 0 Å². The van der Waals surface area contributed by atoms with Crippen LogP contribution in [0.4, 0.5) is 15.2 Å². The molecule has 3 rings (SSSR count). The molecule has 19 heavy (non-hydrogen) atoms. The van der Waals surface area contributed by atoms with Crippen LogP contribution in [-0.2, 0) is 0 Å². The summed E-state index contributed by atoms with van der Waals surface area (Å²) in [5, 5.41) is 3.94. The lowest BCUT2D eigenvalue weighted by Gasteiger charge is -2.02. The maximum Gasteiger partial charge on any atom is 0.188 e. The first kappa shape index (κ1) is 12.4. The Kier molecular flexibility index (Phi) is 3.12. The molecule has 0 saturated carbocycles. The van der Waals surface area contributed by atoms with Crippen molar-refractivity contribution in [1.29, 1.82) is 0 Å². The van der Waals surface area contributed by atoms with Crippen molar-refractivity contribution < 1.29 is 4.39 Å². The number of thiazole rings is 1. The molecule has 0 aliphatic heterocycles. The Hall–Kier alpha value is -1.65. The molecule has 0 aliphatic rings. The third-order valence-corrected chi connectivity index (χ3v) is 3.97. The summed E-state index contributed by atoms with van der Waals surface area (Å²) in [6, 6.07) is 10.7. The van der Waals surface area contributed by atoms with Gasteiger partial charge in [-0.3, -0.25) is 0 Å². The quantitative estimate of drug-likeness (QED) is 0.707. The number of anilines is 2. The Morgan fingerprint density at radius 1 is 1.21 bits per heavy atom. The Balaban J connectivity index is 1.94. The monoisotopic (exact) mass is 292 g/mol. The summed E-state index contributed by atoms with van der Waals surface area (Å²) in [7, 11) is 0. The Bertz CT molecular complexity index is 754. The first-order chi connectivity index (χ1) is 9.11. The Morgan fingerprint density at radius 3 is 2.84 bits per heavy atom. The van der Waals surface area contributed by atoms with E-state index in [0.29, 0.717) is 5.69 Å². The van der Waals surface area contributed by atoms with E-state index >= 15 is 0 Å². The Morgan fingerprint density at radius 2 is 2.05 bits per heavy atom. The molecule has 0 radical (unpaired) electrons. The third kappa shape index (κ3) is 2.55. The van der Waals surface area contributed by atoms with Gasteiger partial charge in [-0.1, -0.05) is 29.0 Å². The van der Waals surface area contributed by atoms with Crippen LogP contribution in [0.15, 0.2) is 36.4 Å². The van der Waals surface area contributed by atoms with Gasteiger partial charge in [0.2, 0.25) is 0 Å². The van der Waals surface area contributed by atoms with E-state index in [1.54, 1.807) is 6.07 Å². The summed E-state index contributed by atoms with van der Waals surface area (Å²) >= 11 is 7.18. The summed E-state index contributed by atoms with van der Waals surface area (Å²) < 4.78 is 14.4. The SMILES string of the molecule is Cc1ccc2sc(Nc3ccc(Cl)c(F)c3)nc2c1. The van der Waals surface area contributed by atoms with Crippen molar-refractivity contribution in [3.63, 3.8) is 0 Å². The smallest absolute Gasteiger partial charge is 0.188 e. The van der Waals surface area contributed by atoms with E-state index in [-0.39, 0.29) is 5.02 Å². The number of halogens is 2. The second-order valence-electron chi connectivity index (χ2n) is 4.24. The second-order valence-corrected chi connectivity index (χ2v) is 5.68. The average Bonchev–Trinajstić information content (AvgIpc) is 2.75. The lowest BCUT2D eigenvalue weighted by Crippen LogP contribution is -1.90. The molecule has 3 aromatic rings. The van der Waals surface area contributed by atoms with Gasteiger partial charge in [-0.05, 0) is 42.8 Å². The van der Waals surface area contributed by atoms with Crippen LogP contribution >= 0.6 is 22.9 Å². The molecule has 0 atom stereocenters. The fourth-order valence-corrected chi connectivity index (χ4v) is 2.77. The van der Waals surface area contributed by atoms with Crippen LogP contribution < -0.4 is 5.32 Å². The molecule has 5 heteroatoms. The van der Waals surface area contributed by atoms with Crippen LogP contribution in [0.5, 0.6) is 0 Å². The minimum absolute atomic E-state index is 0.116. The molecular formula is C14H10ClFN2S. The zero-order valence-corrected chi connectivity index (χ0v) is 11.6. The number of rotatable bonds is 2. The van der Waals surface area contributed by atoms with Crippen LogP contribution in [0.2, 0.25) is 5.02 Å². The van der Waals surface area contributed by atoms with Gasteiger partial charge in [-0.25, -0.2) is 9.37 Å². The molecule has 0 amide bonds. The molecule has 1 N–H and O–H groups in total. The van der Waals surface area contributed by atoms with Crippen molar-refractivity contribution >= 4 is 44.0 Å². The maximum atomic E-state index is 13.4. The molecule has 0 saturated heterocycles. The van der Waals surface area contributed by atoms with E-state index in [1.165, 1.54) is 29.0 Å². The molecule has 0 bridgehead atoms. The molecule has 0 aliphatic carbocycles. The average molecular weight is 293 g/mol. The summed E-state index contributed by atoms with van der Waals surface area (Å²) in [5.41, 5.74) is 2.75. The molecule has 0 unspecified atom stereocenters. The van der Waals surface area contributed by atoms with E-state index in [4.69, 9.17) is 11.6 Å². The van der Waals surface area contributed by atoms with Gasteiger partial charge in [0.15, 0.2) is 5.13 Å². The van der Waals surface area contributed by atoms with E-state index in [9.17, 15) is 4.39 Å². The molecule has 0 fully saturated rings. The molecule has 2 nitrogen and oxygen atoms in total. The molecule has 1 aromatic heterocycles. The number of hydrogen-bond donors (Lipinski definition) is 1. The highest BCUT2D eigenvalue weighted by Crippen LogP contribution is 2.29. The molecule has 1 heterocycles. The predicted molar refractivity (Wildman–Crippen MR) is 79.0 cm³/mol. The van der Waals surface area contributed by atoms with Gasteiger partial charge in [0.05, 0.1) is 15.2 Å². The normalized spacial score (nSPS) is 10.9. The van der Waals surface area contributed by atoms with Crippen LogP contribution in [0.3, 0.4) is 0 Å². The topological polar surface area (TPSA) is 24.9 Å². The predicted octanol–water partition coefficient (Wildman–Crippen LogP) is 5.14. The van der Waals surface area contributed by atoms with Gasteiger partial charge in [0.25, 0.3) is 0 Å². The number of aromatic nitrogens is 1. The van der Waals surface area contributed by atoms with Crippen LogP contribution in [0, 0.1) is 12.7 Å². The maximum absolute atomic E-state index is 13.4. The summed E-state index contributed by atoms with van der Waals surface area (Å²) in [6.07, 6.45) is 0. The highest BCUT2D eigenvalue weighted by atomic mass is 35.5. The lowest BCUT2D eigenvalue weighted by molar-refractivity contribution is 0.629. The fourth-order valence-electron chi connectivity index (χ4n) is 1.79. The molecular weight excluding hydrogens is 283 g/mol. The van der Waals surface area contributed by atoms with Crippen molar-refractivity contribution in [3.05, 3.63) is 52.8 Å². The zero-order valence-electron chi connectivity index (χ0n) is 10.1. The number of aryl methyl sites for hydroxylation is 1. The fraction of sp³-hybridized carbons (Fsp3) is 0.0714. The summed E-state index contributed by atoms with van der Waals surface area (Å²) in [5.74, 6) is -0.441. The van der Waals surface area contributed by atoms with Crippen molar-refractivity contribution in [2.75, 3.05) is 5.32 Å². The number of fused-ring (bicyclic) bond motifs is 1. The largest absolute Gasteiger partial charge is 0.331 e. The van der Waals surface area contributed by atoms with Crippen molar-refractivity contribution in [3.8, 4) is 0 Å². The minimum atomic E-state index is -0.441. The molecule has 96 valence electrons. The van der Waals surface area contributed by atoms with Gasteiger partial charge >= 0.3 is 0 Å². The minimum Gasteiger partial charge on any atom is -0.331 e. The number of benzene rings is 2. The van der Waals surface area contributed by atoms with Crippen molar-refractivity contribution in [1.82, 2.24) is 4.98 Å². The highest BCUT2D eigenvalue weighted by molar-refractivity contribution is 7.22. The second kappa shape index (κ2) is 4.79. The first-order valence-corrected chi connectivity index (χ1v) is 6.90. The Labute approximate surface area is 118 Å². The van der Waals surface area contributed by atoms with Gasteiger partial charge < -0.3 is 5.32 Å². The summed E-state index contributed by atoms with van der Waals surface area (Å²) in [6.45, 7) is 2.03. The zero-order chi connectivity index (χ0) is 13.4.